The molecule has 0 saturated carbocycles. The zero-order chi connectivity index (χ0) is 13.7. The molecular formula is C15H13NO2S. The second-order valence-electron chi connectivity index (χ2n) is 4.17. The SMILES string of the molecule is N#CC(Cc1ccccc1)S(=O)(=O)c1ccccc1. The normalized spacial score (nSPS) is 12.6. The van der Waals surface area contributed by atoms with Gasteiger partial charge in [-0.15, -0.1) is 0 Å². The van der Waals surface area contributed by atoms with Crippen LogP contribution in [0.1, 0.15) is 5.56 Å². The Labute approximate surface area is 113 Å². The molecule has 2 rings (SSSR count). The molecule has 4 heteroatoms. The average Bonchev–Trinajstić information content (AvgIpc) is 2.46. The molecule has 3 nitrogen and oxygen atoms in total. The molecular weight excluding hydrogens is 258 g/mol. The van der Waals surface area contributed by atoms with Crippen molar-refractivity contribution >= 4 is 9.84 Å². The van der Waals surface area contributed by atoms with Gasteiger partial charge in [-0.25, -0.2) is 8.42 Å². The van der Waals surface area contributed by atoms with E-state index in [-0.39, 0.29) is 11.3 Å². The van der Waals surface area contributed by atoms with E-state index in [0.717, 1.165) is 5.56 Å². The average molecular weight is 271 g/mol. The van der Waals surface area contributed by atoms with Crippen molar-refractivity contribution in [3.05, 3.63) is 66.2 Å². The number of hydrogen-bond acceptors (Lipinski definition) is 3. The quantitative estimate of drug-likeness (QED) is 0.858. The van der Waals surface area contributed by atoms with Crippen molar-refractivity contribution in [1.82, 2.24) is 0 Å². The fourth-order valence-corrected chi connectivity index (χ4v) is 3.24. The Kier molecular flexibility index (Phi) is 3.98. The maximum Gasteiger partial charge on any atom is 0.194 e. The van der Waals surface area contributed by atoms with Crippen LogP contribution in [0, 0.1) is 11.3 Å². The van der Waals surface area contributed by atoms with Crippen molar-refractivity contribution in [3.8, 4) is 6.07 Å². The minimum atomic E-state index is -3.61. The van der Waals surface area contributed by atoms with Crippen LogP contribution in [0.15, 0.2) is 65.6 Å². The van der Waals surface area contributed by atoms with E-state index >= 15 is 0 Å². The minimum absolute atomic E-state index is 0.192. The van der Waals surface area contributed by atoms with Crippen molar-refractivity contribution in [3.63, 3.8) is 0 Å². The van der Waals surface area contributed by atoms with Gasteiger partial charge in [-0.2, -0.15) is 5.26 Å². The summed E-state index contributed by atoms with van der Waals surface area (Å²) in [5.74, 6) is 0. The number of hydrogen-bond donors (Lipinski definition) is 0. The van der Waals surface area contributed by atoms with Gasteiger partial charge in [0.25, 0.3) is 0 Å². The highest BCUT2D eigenvalue weighted by Crippen LogP contribution is 2.18. The van der Waals surface area contributed by atoms with Crippen molar-refractivity contribution in [1.29, 1.82) is 5.26 Å². The van der Waals surface area contributed by atoms with Crippen LogP contribution in [0.25, 0.3) is 0 Å². The van der Waals surface area contributed by atoms with Gasteiger partial charge >= 0.3 is 0 Å². The lowest BCUT2D eigenvalue weighted by molar-refractivity contribution is 0.588. The van der Waals surface area contributed by atoms with Crippen LogP contribution in [0.4, 0.5) is 0 Å². The summed E-state index contributed by atoms with van der Waals surface area (Å²) in [6.07, 6.45) is 0.203. The molecule has 0 saturated heterocycles. The molecule has 0 aliphatic rings. The van der Waals surface area contributed by atoms with Crippen molar-refractivity contribution in [2.24, 2.45) is 0 Å². The highest BCUT2D eigenvalue weighted by Gasteiger charge is 2.27. The summed E-state index contributed by atoms with van der Waals surface area (Å²) in [5.41, 5.74) is 0.841. The van der Waals surface area contributed by atoms with Crippen LogP contribution < -0.4 is 0 Å². The summed E-state index contributed by atoms with van der Waals surface area (Å²) in [7, 11) is -3.61. The first-order valence-electron chi connectivity index (χ1n) is 5.87. The zero-order valence-electron chi connectivity index (χ0n) is 10.2. The van der Waals surface area contributed by atoms with E-state index in [2.05, 4.69) is 0 Å². The molecule has 2 aromatic rings. The highest BCUT2D eigenvalue weighted by atomic mass is 32.2. The van der Waals surface area contributed by atoms with E-state index in [1.807, 2.05) is 36.4 Å². The van der Waals surface area contributed by atoms with E-state index in [0.29, 0.717) is 0 Å². The summed E-state index contributed by atoms with van der Waals surface area (Å²) in [6.45, 7) is 0. The second kappa shape index (κ2) is 5.68. The van der Waals surface area contributed by atoms with Crippen LogP contribution in [0.5, 0.6) is 0 Å². The first kappa shape index (κ1) is 13.3. The van der Waals surface area contributed by atoms with E-state index in [1.54, 1.807) is 18.2 Å². The van der Waals surface area contributed by atoms with Crippen molar-refractivity contribution in [2.45, 2.75) is 16.6 Å². The molecule has 0 aliphatic heterocycles. The first-order chi connectivity index (χ1) is 9.14. The van der Waals surface area contributed by atoms with Gasteiger partial charge in [0.05, 0.1) is 11.0 Å². The number of sulfone groups is 1. The molecule has 19 heavy (non-hydrogen) atoms. The van der Waals surface area contributed by atoms with E-state index in [9.17, 15) is 8.42 Å². The van der Waals surface area contributed by atoms with Crippen LogP contribution >= 0.6 is 0 Å². The fraction of sp³-hybridized carbons (Fsp3) is 0.133. The summed E-state index contributed by atoms with van der Waals surface area (Å²) in [5, 5.41) is 8.10. The van der Waals surface area contributed by atoms with Crippen molar-refractivity contribution in [2.75, 3.05) is 0 Å². The lowest BCUT2D eigenvalue weighted by Crippen LogP contribution is -2.22. The topological polar surface area (TPSA) is 57.9 Å². The number of nitrogens with zero attached hydrogens (tertiary/aromatic N) is 1. The summed E-state index contributed by atoms with van der Waals surface area (Å²) in [6, 6.07) is 19.2. The van der Waals surface area contributed by atoms with E-state index in [4.69, 9.17) is 5.26 Å². The standard InChI is InChI=1S/C15H13NO2S/c16-12-15(11-13-7-3-1-4-8-13)19(17,18)14-9-5-2-6-10-14/h1-10,15H,11H2. The lowest BCUT2D eigenvalue weighted by atomic mass is 10.1. The third-order valence-electron chi connectivity index (χ3n) is 2.85. The maximum absolute atomic E-state index is 12.3. The highest BCUT2D eigenvalue weighted by molar-refractivity contribution is 7.92. The molecule has 96 valence electrons. The third kappa shape index (κ3) is 3.01. The second-order valence-corrected chi connectivity index (χ2v) is 6.30. The van der Waals surface area contributed by atoms with Crippen molar-refractivity contribution < 1.29 is 8.42 Å². The van der Waals surface area contributed by atoms with Gasteiger partial charge in [-0.3, -0.25) is 0 Å². The van der Waals surface area contributed by atoms with Crippen LogP contribution in [-0.4, -0.2) is 13.7 Å². The van der Waals surface area contributed by atoms with Gasteiger partial charge in [-0.05, 0) is 17.7 Å². The predicted octanol–water partition coefficient (Wildman–Crippen LogP) is 2.60. The molecule has 0 radical (unpaired) electrons. The van der Waals surface area contributed by atoms with Gasteiger partial charge in [0, 0.05) is 6.42 Å². The minimum Gasteiger partial charge on any atom is -0.222 e. The molecule has 0 heterocycles. The molecule has 0 fully saturated rings. The predicted molar refractivity (Wildman–Crippen MR) is 73.2 cm³/mol. The van der Waals surface area contributed by atoms with Gasteiger partial charge in [0.2, 0.25) is 0 Å². The molecule has 0 amide bonds. The Morgan fingerprint density at radius 2 is 1.47 bits per heavy atom. The Bertz CT molecular complexity index is 673. The van der Waals surface area contributed by atoms with Gasteiger partial charge in [0.15, 0.2) is 15.1 Å². The molecule has 0 N–H and O–H groups in total. The Balaban J connectivity index is 2.31. The molecule has 2 aromatic carbocycles. The smallest absolute Gasteiger partial charge is 0.194 e. The number of nitriles is 1. The zero-order valence-corrected chi connectivity index (χ0v) is 11.0. The molecule has 1 atom stereocenters. The third-order valence-corrected chi connectivity index (χ3v) is 4.80. The Hall–Kier alpha value is -2.12. The van der Waals surface area contributed by atoms with Gasteiger partial charge in [0.1, 0.15) is 0 Å². The first-order valence-corrected chi connectivity index (χ1v) is 7.41. The molecule has 0 aromatic heterocycles. The number of rotatable bonds is 4. The van der Waals surface area contributed by atoms with Crippen LogP contribution in [0.2, 0.25) is 0 Å². The Morgan fingerprint density at radius 3 is 2.00 bits per heavy atom. The lowest BCUT2D eigenvalue weighted by Gasteiger charge is -2.10. The monoisotopic (exact) mass is 271 g/mol. The maximum atomic E-state index is 12.3. The largest absolute Gasteiger partial charge is 0.222 e. The van der Waals surface area contributed by atoms with Crippen LogP contribution in [0.3, 0.4) is 0 Å². The van der Waals surface area contributed by atoms with Gasteiger partial charge in [-0.1, -0.05) is 48.5 Å². The van der Waals surface area contributed by atoms with E-state index < -0.39 is 15.1 Å². The summed E-state index contributed by atoms with van der Waals surface area (Å²) < 4.78 is 24.7. The fourth-order valence-electron chi connectivity index (χ4n) is 1.83. The molecule has 0 spiro atoms. The molecule has 0 aliphatic carbocycles. The Morgan fingerprint density at radius 1 is 0.947 bits per heavy atom. The van der Waals surface area contributed by atoms with E-state index in [1.165, 1.54) is 12.1 Å². The summed E-state index contributed by atoms with van der Waals surface area (Å²) >= 11 is 0. The summed E-state index contributed by atoms with van der Waals surface area (Å²) in [4.78, 5) is 0.192. The molecule has 0 bridgehead atoms. The molecule has 1 unspecified atom stereocenters. The number of benzene rings is 2. The van der Waals surface area contributed by atoms with Gasteiger partial charge < -0.3 is 0 Å². The van der Waals surface area contributed by atoms with Crippen LogP contribution in [-0.2, 0) is 16.3 Å².